The molecule has 7 nitrogen and oxygen atoms in total. The number of nitrogens with zero attached hydrogens (tertiary/aromatic N) is 2. The highest BCUT2D eigenvalue weighted by molar-refractivity contribution is 5.70. The van der Waals surface area contributed by atoms with Crippen LogP contribution in [0, 0.1) is 12.8 Å². The number of hydrogen-bond donors (Lipinski definition) is 4. The topological polar surface area (TPSA) is 102 Å². The van der Waals surface area contributed by atoms with Crippen LogP contribution in [0.5, 0.6) is 0 Å². The highest BCUT2D eigenvalue weighted by Gasteiger charge is 2.52. The minimum Gasteiger partial charge on any atom is -0.395 e. The molecule has 1 aliphatic carbocycles. The van der Waals surface area contributed by atoms with Gasteiger partial charge in [-0.2, -0.15) is 0 Å². The summed E-state index contributed by atoms with van der Waals surface area (Å²) in [6.45, 7) is 6.43. The number of rotatable bonds is 4. The predicted molar refractivity (Wildman–Crippen MR) is 111 cm³/mol. The van der Waals surface area contributed by atoms with Crippen LogP contribution in [0.25, 0.3) is 0 Å². The Morgan fingerprint density at radius 2 is 1.86 bits per heavy atom. The maximum Gasteiger partial charge on any atom is 0.270 e. The summed E-state index contributed by atoms with van der Waals surface area (Å²) in [6, 6.07) is 8.06. The molecule has 2 heterocycles. The zero-order chi connectivity index (χ0) is 21.1. The number of β-amino-alcohol motifs (C(OH)–C–C–N with tert-alkyl or cyclic N) is 1. The van der Waals surface area contributed by atoms with Crippen LogP contribution in [0.2, 0.25) is 0 Å². The first-order valence-corrected chi connectivity index (χ1v) is 10.0. The largest absolute Gasteiger partial charge is 0.395 e. The number of benzene rings is 1. The molecule has 1 saturated carbocycles. The van der Waals surface area contributed by atoms with Crippen molar-refractivity contribution in [3.05, 3.63) is 63.2 Å². The van der Waals surface area contributed by atoms with Crippen LogP contribution in [0.15, 0.2) is 40.8 Å². The van der Waals surface area contributed by atoms with Gasteiger partial charge in [-0.1, -0.05) is 38.1 Å². The van der Waals surface area contributed by atoms with Crippen LogP contribution >= 0.6 is 0 Å². The predicted octanol–water partition coefficient (Wildman–Crippen LogP) is 1.13. The quantitative estimate of drug-likeness (QED) is 0.617. The summed E-state index contributed by atoms with van der Waals surface area (Å²) in [5.41, 5.74) is 3.71. The zero-order valence-corrected chi connectivity index (χ0v) is 17.3. The van der Waals surface area contributed by atoms with Gasteiger partial charge in [-0.05, 0) is 18.6 Å². The summed E-state index contributed by atoms with van der Waals surface area (Å²) in [5, 5.41) is 34.3. The van der Waals surface area contributed by atoms with Crippen LogP contribution in [-0.4, -0.2) is 50.5 Å². The van der Waals surface area contributed by atoms with Crippen molar-refractivity contribution in [1.82, 2.24) is 9.78 Å². The van der Waals surface area contributed by atoms with E-state index in [1.54, 1.807) is 14.0 Å². The first kappa shape index (κ1) is 19.9. The van der Waals surface area contributed by atoms with Crippen LogP contribution in [0.3, 0.4) is 0 Å². The van der Waals surface area contributed by atoms with Crippen molar-refractivity contribution in [2.24, 2.45) is 13.0 Å². The minimum absolute atomic E-state index is 0.00125. The first-order chi connectivity index (χ1) is 13.7. The van der Waals surface area contributed by atoms with Crippen LogP contribution < -0.4 is 10.5 Å². The van der Waals surface area contributed by atoms with Gasteiger partial charge >= 0.3 is 0 Å². The Balaban J connectivity index is 1.70. The molecular weight excluding hydrogens is 370 g/mol. The fourth-order valence-electron chi connectivity index (χ4n) is 5.04. The molecule has 29 heavy (non-hydrogen) atoms. The molecule has 0 spiro atoms. The van der Waals surface area contributed by atoms with E-state index in [0.717, 1.165) is 16.9 Å². The molecule has 0 amide bonds. The van der Waals surface area contributed by atoms with Gasteiger partial charge in [0.1, 0.15) is 0 Å². The summed E-state index contributed by atoms with van der Waals surface area (Å²) < 4.78 is 1.37. The molecule has 2 atom stereocenters. The Morgan fingerprint density at radius 3 is 2.45 bits per heavy atom. The van der Waals surface area contributed by atoms with E-state index in [-0.39, 0.29) is 17.6 Å². The molecular formula is C22H29N3O4. The van der Waals surface area contributed by atoms with Crippen LogP contribution in [0.1, 0.15) is 36.6 Å². The van der Waals surface area contributed by atoms with Gasteiger partial charge in [-0.25, -0.2) is 0 Å². The average Bonchev–Trinajstić information content (AvgIpc) is 3.05. The summed E-state index contributed by atoms with van der Waals surface area (Å²) in [6.07, 6.45) is 0.221. The molecule has 1 fully saturated rings. The van der Waals surface area contributed by atoms with Crippen molar-refractivity contribution in [2.75, 3.05) is 18.1 Å². The Kier molecular flexibility index (Phi) is 4.72. The Labute approximate surface area is 169 Å². The molecule has 7 heteroatoms. The molecule has 2 aromatic rings. The third-order valence-electron chi connectivity index (χ3n) is 6.61. The lowest BCUT2D eigenvalue weighted by Crippen LogP contribution is -2.54. The molecule has 2 unspecified atom stereocenters. The first-order valence-electron chi connectivity index (χ1n) is 10.0. The number of aliphatic hydroxyl groups excluding tert-OH is 3. The van der Waals surface area contributed by atoms with E-state index in [1.807, 2.05) is 24.3 Å². The molecule has 0 bridgehead atoms. The summed E-state index contributed by atoms with van der Waals surface area (Å²) >= 11 is 0. The van der Waals surface area contributed by atoms with Gasteiger partial charge in [0.15, 0.2) is 0 Å². The second-order valence-corrected chi connectivity index (χ2v) is 8.67. The molecule has 1 aliphatic heterocycles. The van der Waals surface area contributed by atoms with Gasteiger partial charge < -0.3 is 20.2 Å². The number of hydrogen-bond acceptors (Lipinski definition) is 5. The Morgan fingerprint density at radius 1 is 1.21 bits per heavy atom. The van der Waals surface area contributed by atoms with E-state index in [0.29, 0.717) is 17.8 Å². The number of aromatic nitrogens is 2. The lowest BCUT2D eigenvalue weighted by Gasteiger charge is -2.45. The van der Waals surface area contributed by atoms with Gasteiger partial charge in [-0.15, -0.1) is 0 Å². The van der Waals surface area contributed by atoms with Gasteiger partial charge in [0.2, 0.25) is 0 Å². The molecule has 0 radical (unpaired) electrons. The normalized spacial score (nSPS) is 29.2. The van der Waals surface area contributed by atoms with Crippen LogP contribution in [0.4, 0.5) is 5.69 Å². The van der Waals surface area contributed by atoms with Crippen molar-refractivity contribution in [3.63, 3.8) is 0 Å². The SMILES string of the molecule is Cc1[nH]n(C)c(=O)c1C1C(O)C(/C=C2/N(CCO)c3ccccc3C2(C)C)C1O. The highest BCUT2D eigenvalue weighted by Crippen LogP contribution is 2.50. The molecule has 1 aromatic heterocycles. The summed E-state index contributed by atoms with van der Waals surface area (Å²) in [7, 11) is 1.63. The summed E-state index contributed by atoms with van der Waals surface area (Å²) in [5.74, 6) is -1.09. The molecule has 1 aromatic carbocycles. The van der Waals surface area contributed by atoms with Gasteiger partial charge in [0.25, 0.3) is 5.56 Å². The van der Waals surface area contributed by atoms with E-state index in [1.165, 1.54) is 4.68 Å². The number of anilines is 1. The number of fused-ring (bicyclic) bond motifs is 1. The second-order valence-electron chi connectivity index (χ2n) is 8.67. The maximum atomic E-state index is 12.4. The van der Waals surface area contributed by atoms with E-state index >= 15 is 0 Å². The highest BCUT2D eigenvalue weighted by atomic mass is 16.3. The number of aliphatic hydroxyl groups is 3. The minimum atomic E-state index is -0.852. The third-order valence-corrected chi connectivity index (χ3v) is 6.61. The second kappa shape index (κ2) is 6.86. The standard InChI is InChI=1S/C22H29N3O4/c1-12-17(21(29)24(4)23-12)18-19(27)13(20(18)28)11-16-22(2,3)14-7-5-6-8-15(14)25(16)9-10-26/h5-8,11,13,18-20,23,26-28H,9-10H2,1-4H3/b16-11+. The molecule has 4 N–H and O–H groups in total. The van der Waals surface area contributed by atoms with Gasteiger partial charge in [0, 0.05) is 53.5 Å². The number of aryl methyl sites for hydroxylation is 2. The van der Waals surface area contributed by atoms with Gasteiger partial charge in [-0.3, -0.25) is 14.6 Å². The number of nitrogens with one attached hydrogen (secondary N) is 1. The van der Waals surface area contributed by atoms with E-state index in [4.69, 9.17) is 0 Å². The van der Waals surface area contributed by atoms with Crippen molar-refractivity contribution in [1.29, 1.82) is 0 Å². The molecule has 0 saturated heterocycles. The van der Waals surface area contributed by atoms with Gasteiger partial charge in [0.05, 0.1) is 18.8 Å². The van der Waals surface area contributed by atoms with E-state index in [2.05, 4.69) is 29.9 Å². The zero-order valence-electron chi connectivity index (χ0n) is 17.3. The lowest BCUT2D eigenvalue weighted by molar-refractivity contribution is -0.0952. The Hall–Kier alpha value is -2.35. The summed E-state index contributed by atoms with van der Waals surface area (Å²) in [4.78, 5) is 14.5. The fourth-order valence-corrected chi connectivity index (χ4v) is 5.04. The molecule has 156 valence electrons. The van der Waals surface area contributed by atoms with E-state index in [9.17, 15) is 20.1 Å². The molecule has 2 aliphatic rings. The lowest BCUT2D eigenvalue weighted by atomic mass is 9.65. The van der Waals surface area contributed by atoms with E-state index < -0.39 is 24.0 Å². The number of para-hydroxylation sites is 1. The maximum absolute atomic E-state index is 12.4. The van der Waals surface area contributed by atoms with Crippen molar-refractivity contribution in [2.45, 2.75) is 44.3 Å². The smallest absolute Gasteiger partial charge is 0.270 e. The van der Waals surface area contributed by atoms with Crippen molar-refractivity contribution < 1.29 is 15.3 Å². The Bertz CT molecular complexity index is 1010. The fraction of sp³-hybridized carbons (Fsp3) is 0.500. The monoisotopic (exact) mass is 399 g/mol. The number of aromatic amines is 1. The number of H-pyrrole nitrogens is 1. The number of allylic oxidation sites excluding steroid dienone is 1. The van der Waals surface area contributed by atoms with Crippen LogP contribution in [-0.2, 0) is 12.5 Å². The molecule has 4 rings (SSSR count). The average molecular weight is 399 g/mol. The third kappa shape index (κ3) is 2.79. The van der Waals surface area contributed by atoms with Crippen molar-refractivity contribution in [3.8, 4) is 0 Å². The van der Waals surface area contributed by atoms with Crippen molar-refractivity contribution >= 4 is 5.69 Å².